The van der Waals surface area contributed by atoms with Crippen LogP contribution in [0, 0.1) is 0 Å². The summed E-state index contributed by atoms with van der Waals surface area (Å²) in [7, 11) is 0. The molecule has 0 saturated carbocycles. The molecule has 8 heteroatoms. The molecular formula is C23H21ClN4O3. The second-order valence-electron chi connectivity index (χ2n) is 6.76. The van der Waals surface area contributed by atoms with Gasteiger partial charge in [-0.3, -0.25) is 4.79 Å². The maximum atomic E-state index is 12.2. The number of fused-ring (bicyclic) bond motifs is 1. The number of aromatic nitrogens is 2. The zero-order chi connectivity index (χ0) is 21.8. The molecule has 0 aliphatic heterocycles. The Hall–Kier alpha value is -3.71. The molecule has 7 nitrogen and oxygen atoms in total. The maximum Gasteiger partial charge on any atom is 0.262 e. The van der Waals surface area contributed by atoms with Gasteiger partial charge in [-0.15, -0.1) is 0 Å². The highest BCUT2D eigenvalue weighted by atomic mass is 35.5. The van der Waals surface area contributed by atoms with Crippen molar-refractivity contribution in [1.29, 1.82) is 0 Å². The van der Waals surface area contributed by atoms with Crippen molar-refractivity contribution in [3.8, 4) is 22.8 Å². The Morgan fingerprint density at radius 1 is 1.13 bits per heavy atom. The van der Waals surface area contributed by atoms with Crippen molar-refractivity contribution in [2.24, 2.45) is 0 Å². The molecule has 0 fully saturated rings. The van der Waals surface area contributed by atoms with E-state index in [-0.39, 0.29) is 12.5 Å². The monoisotopic (exact) mass is 436 g/mol. The van der Waals surface area contributed by atoms with E-state index in [4.69, 9.17) is 26.8 Å². The van der Waals surface area contributed by atoms with E-state index in [1.807, 2.05) is 48.0 Å². The third kappa shape index (κ3) is 4.73. The quantitative estimate of drug-likeness (QED) is 0.411. The van der Waals surface area contributed by atoms with Crippen LogP contribution in [-0.2, 0) is 4.79 Å². The van der Waals surface area contributed by atoms with Crippen LogP contribution < -0.4 is 20.5 Å². The predicted molar refractivity (Wildman–Crippen MR) is 122 cm³/mol. The van der Waals surface area contributed by atoms with Crippen LogP contribution in [0.25, 0.3) is 16.9 Å². The standard InChI is InChI=1S/C23H21ClN4O3/c1-2-30-20-10-5-15(12-18(20)25)19-13-28-11-3-4-21(23(28)27-19)31-14-22(29)26-17-8-6-16(24)7-9-17/h3-13H,2,14,25H2,1H3,(H,26,29). The number of nitrogens with zero attached hydrogens (tertiary/aromatic N) is 2. The minimum atomic E-state index is -0.282. The van der Waals surface area contributed by atoms with E-state index >= 15 is 0 Å². The molecule has 0 spiro atoms. The molecule has 0 aliphatic rings. The lowest BCUT2D eigenvalue weighted by Crippen LogP contribution is -2.20. The number of hydrogen-bond donors (Lipinski definition) is 2. The second kappa shape index (κ2) is 8.97. The number of amides is 1. The van der Waals surface area contributed by atoms with Gasteiger partial charge in [-0.25, -0.2) is 4.98 Å². The Morgan fingerprint density at radius 3 is 2.68 bits per heavy atom. The average molecular weight is 437 g/mol. The fourth-order valence-corrected chi connectivity index (χ4v) is 3.23. The summed E-state index contributed by atoms with van der Waals surface area (Å²) in [5.74, 6) is 0.861. The first-order valence-corrected chi connectivity index (χ1v) is 10.1. The zero-order valence-corrected chi connectivity index (χ0v) is 17.6. The SMILES string of the molecule is CCOc1ccc(-c2cn3cccc(OCC(=O)Nc4ccc(Cl)cc4)c3n2)cc1N. The predicted octanol–water partition coefficient (Wildman–Crippen LogP) is 4.65. The number of imidazole rings is 1. The van der Waals surface area contributed by atoms with Crippen LogP contribution in [0.2, 0.25) is 5.02 Å². The number of benzene rings is 2. The molecule has 2 aromatic heterocycles. The van der Waals surface area contributed by atoms with Crippen molar-refractivity contribution in [3.05, 3.63) is 72.0 Å². The van der Waals surface area contributed by atoms with Gasteiger partial charge in [0.25, 0.3) is 5.91 Å². The molecule has 0 bridgehead atoms. The van der Waals surface area contributed by atoms with E-state index in [0.717, 1.165) is 11.3 Å². The van der Waals surface area contributed by atoms with Gasteiger partial charge in [0.05, 0.1) is 18.0 Å². The molecule has 31 heavy (non-hydrogen) atoms. The van der Waals surface area contributed by atoms with E-state index in [9.17, 15) is 4.79 Å². The molecule has 3 N–H and O–H groups in total. The number of nitrogens with one attached hydrogen (secondary N) is 1. The Labute approximate surface area is 184 Å². The second-order valence-corrected chi connectivity index (χ2v) is 7.20. The third-order valence-electron chi connectivity index (χ3n) is 4.54. The lowest BCUT2D eigenvalue weighted by Gasteiger charge is -2.08. The molecule has 1 amide bonds. The minimum absolute atomic E-state index is 0.152. The average Bonchev–Trinajstić information content (AvgIpc) is 3.20. The lowest BCUT2D eigenvalue weighted by atomic mass is 10.1. The molecule has 2 heterocycles. The summed E-state index contributed by atoms with van der Waals surface area (Å²) < 4.78 is 13.1. The number of anilines is 2. The van der Waals surface area contributed by atoms with Crippen LogP contribution in [0.5, 0.6) is 11.5 Å². The van der Waals surface area contributed by atoms with Gasteiger partial charge < -0.3 is 24.9 Å². The third-order valence-corrected chi connectivity index (χ3v) is 4.79. The van der Waals surface area contributed by atoms with Gasteiger partial charge in [-0.05, 0) is 61.5 Å². The maximum absolute atomic E-state index is 12.2. The smallest absolute Gasteiger partial charge is 0.262 e. The number of nitrogens with two attached hydrogens (primary N) is 1. The largest absolute Gasteiger partial charge is 0.492 e. The highest BCUT2D eigenvalue weighted by Gasteiger charge is 2.12. The topological polar surface area (TPSA) is 90.9 Å². The van der Waals surface area contributed by atoms with Crippen LogP contribution >= 0.6 is 11.6 Å². The Morgan fingerprint density at radius 2 is 1.94 bits per heavy atom. The van der Waals surface area contributed by atoms with Crippen LogP contribution in [0.15, 0.2) is 67.0 Å². The highest BCUT2D eigenvalue weighted by molar-refractivity contribution is 6.30. The van der Waals surface area contributed by atoms with Crippen LogP contribution in [0.3, 0.4) is 0 Å². The van der Waals surface area contributed by atoms with Crippen molar-refractivity contribution in [3.63, 3.8) is 0 Å². The lowest BCUT2D eigenvalue weighted by molar-refractivity contribution is -0.118. The fraction of sp³-hybridized carbons (Fsp3) is 0.130. The van der Waals surface area contributed by atoms with E-state index in [0.29, 0.717) is 40.2 Å². The van der Waals surface area contributed by atoms with Crippen LogP contribution in [0.1, 0.15) is 6.92 Å². The molecule has 0 aliphatic carbocycles. The van der Waals surface area contributed by atoms with Crippen LogP contribution in [-0.4, -0.2) is 28.5 Å². The highest BCUT2D eigenvalue weighted by Crippen LogP contribution is 2.30. The van der Waals surface area contributed by atoms with E-state index < -0.39 is 0 Å². The molecule has 0 atom stereocenters. The number of carbonyl (C=O) groups is 1. The zero-order valence-electron chi connectivity index (χ0n) is 16.8. The Balaban J connectivity index is 1.50. The molecule has 0 saturated heterocycles. The number of rotatable bonds is 7. The van der Waals surface area contributed by atoms with E-state index in [2.05, 4.69) is 10.3 Å². The Bertz CT molecular complexity index is 1220. The van der Waals surface area contributed by atoms with Crippen LogP contribution in [0.4, 0.5) is 11.4 Å². The molecule has 0 unspecified atom stereocenters. The molecule has 158 valence electrons. The normalized spacial score (nSPS) is 10.8. The summed E-state index contributed by atoms with van der Waals surface area (Å²) in [6.07, 6.45) is 3.75. The molecule has 4 aromatic rings. The first-order chi connectivity index (χ1) is 15.0. The first kappa shape index (κ1) is 20.6. The van der Waals surface area contributed by atoms with Gasteiger partial charge in [-0.1, -0.05) is 11.6 Å². The molecular weight excluding hydrogens is 416 g/mol. The van der Waals surface area contributed by atoms with Gasteiger partial charge in [0.2, 0.25) is 0 Å². The number of carbonyl (C=O) groups excluding carboxylic acids is 1. The fourth-order valence-electron chi connectivity index (χ4n) is 3.11. The van der Waals surface area contributed by atoms with Crippen molar-refractivity contribution in [1.82, 2.24) is 9.38 Å². The van der Waals surface area contributed by atoms with Gasteiger partial charge >= 0.3 is 0 Å². The van der Waals surface area contributed by atoms with Crippen molar-refractivity contribution in [2.45, 2.75) is 6.92 Å². The minimum Gasteiger partial charge on any atom is -0.492 e. The van der Waals surface area contributed by atoms with Crippen molar-refractivity contribution < 1.29 is 14.3 Å². The number of nitrogen functional groups attached to an aromatic ring is 1. The summed E-state index contributed by atoms with van der Waals surface area (Å²) in [6, 6.07) is 16.0. The molecule has 4 rings (SSSR count). The van der Waals surface area contributed by atoms with E-state index in [1.165, 1.54) is 0 Å². The van der Waals surface area contributed by atoms with Crippen molar-refractivity contribution >= 4 is 34.5 Å². The van der Waals surface area contributed by atoms with Gasteiger partial charge in [0.1, 0.15) is 5.75 Å². The first-order valence-electron chi connectivity index (χ1n) is 9.72. The summed E-state index contributed by atoms with van der Waals surface area (Å²) >= 11 is 5.86. The summed E-state index contributed by atoms with van der Waals surface area (Å²) in [4.78, 5) is 16.9. The van der Waals surface area contributed by atoms with Gasteiger partial charge in [-0.2, -0.15) is 0 Å². The summed E-state index contributed by atoms with van der Waals surface area (Å²) in [5, 5.41) is 3.37. The van der Waals surface area contributed by atoms with Gasteiger partial charge in [0.15, 0.2) is 18.0 Å². The summed E-state index contributed by atoms with van der Waals surface area (Å²) in [6.45, 7) is 2.30. The molecule has 2 aromatic carbocycles. The number of hydrogen-bond acceptors (Lipinski definition) is 5. The number of pyridine rings is 1. The molecule has 0 radical (unpaired) electrons. The summed E-state index contributed by atoms with van der Waals surface area (Å²) in [5.41, 5.74) is 9.47. The van der Waals surface area contributed by atoms with E-state index in [1.54, 1.807) is 30.3 Å². The number of ether oxygens (including phenoxy) is 2. The van der Waals surface area contributed by atoms with Crippen molar-refractivity contribution in [2.75, 3.05) is 24.3 Å². The van der Waals surface area contributed by atoms with Gasteiger partial charge in [0, 0.05) is 28.7 Å². The number of halogens is 1. The Kier molecular flexibility index (Phi) is 5.95.